The predicted molar refractivity (Wildman–Crippen MR) is 61.5 cm³/mol. The number of amides is 2. The van der Waals surface area contributed by atoms with Gasteiger partial charge in [-0.05, 0) is 31.2 Å². The van der Waals surface area contributed by atoms with Crippen molar-refractivity contribution in [3.8, 4) is 12.3 Å². The Morgan fingerprint density at radius 2 is 2.12 bits per heavy atom. The van der Waals surface area contributed by atoms with Crippen molar-refractivity contribution in [2.24, 2.45) is 0 Å². The van der Waals surface area contributed by atoms with Crippen molar-refractivity contribution < 1.29 is 9.18 Å². The minimum Gasteiger partial charge on any atom is -0.334 e. The number of halogens is 1. The van der Waals surface area contributed by atoms with Gasteiger partial charge in [0, 0.05) is 18.2 Å². The average molecular weight is 220 g/mol. The second kappa shape index (κ2) is 5.76. The summed E-state index contributed by atoms with van der Waals surface area (Å²) in [5, 5.41) is 5.23. The Hall–Kier alpha value is -2.02. The fraction of sp³-hybridized carbons (Fsp3) is 0.250. The van der Waals surface area contributed by atoms with Gasteiger partial charge in [0.15, 0.2) is 0 Å². The van der Waals surface area contributed by atoms with Crippen molar-refractivity contribution in [3.05, 3.63) is 30.1 Å². The van der Waals surface area contributed by atoms with Crippen LogP contribution in [0.3, 0.4) is 0 Å². The topological polar surface area (TPSA) is 41.1 Å². The van der Waals surface area contributed by atoms with E-state index >= 15 is 0 Å². The zero-order valence-corrected chi connectivity index (χ0v) is 8.96. The lowest BCUT2D eigenvalue weighted by molar-refractivity contribution is 0.249. The molecule has 2 N–H and O–H groups in total. The third-order valence-corrected chi connectivity index (χ3v) is 1.90. The summed E-state index contributed by atoms with van der Waals surface area (Å²) in [6, 6.07) is 5.09. The molecule has 0 radical (unpaired) electrons. The predicted octanol–water partition coefficient (Wildman–Crippen LogP) is 2.36. The van der Waals surface area contributed by atoms with Gasteiger partial charge in [0.05, 0.1) is 0 Å². The number of rotatable bonds is 3. The number of anilines is 1. The fourth-order valence-corrected chi connectivity index (χ4v) is 1.15. The van der Waals surface area contributed by atoms with E-state index in [0.717, 1.165) is 0 Å². The smallest absolute Gasteiger partial charge is 0.319 e. The Balaban J connectivity index is 2.46. The van der Waals surface area contributed by atoms with Crippen molar-refractivity contribution >= 4 is 11.7 Å². The monoisotopic (exact) mass is 220 g/mol. The van der Waals surface area contributed by atoms with Crippen molar-refractivity contribution in [2.45, 2.75) is 19.4 Å². The lowest BCUT2D eigenvalue weighted by Crippen LogP contribution is -2.35. The third kappa shape index (κ3) is 4.01. The van der Waals surface area contributed by atoms with Gasteiger partial charge in [-0.1, -0.05) is 0 Å². The molecule has 3 nitrogen and oxygen atoms in total. The van der Waals surface area contributed by atoms with Gasteiger partial charge in [0.25, 0.3) is 0 Å². The Labute approximate surface area is 94.0 Å². The normalized spacial score (nSPS) is 11.3. The molecule has 0 saturated heterocycles. The van der Waals surface area contributed by atoms with E-state index in [1.54, 1.807) is 0 Å². The maximum Gasteiger partial charge on any atom is 0.319 e. The summed E-state index contributed by atoms with van der Waals surface area (Å²) in [7, 11) is 0. The number of terminal acetylenes is 1. The van der Waals surface area contributed by atoms with Gasteiger partial charge in [-0.15, -0.1) is 12.3 Å². The first kappa shape index (κ1) is 12.1. The molecule has 0 aliphatic carbocycles. The molecule has 4 heteroatoms. The van der Waals surface area contributed by atoms with Gasteiger partial charge in [0.1, 0.15) is 5.82 Å². The Morgan fingerprint density at radius 3 is 2.69 bits per heavy atom. The molecule has 0 aromatic heterocycles. The molecule has 1 aromatic rings. The van der Waals surface area contributed by atoms with E-state index in [0.29, 0.717) is 12.1 Å². The van der Waals surface area contributed by atoms with E-state index in [-0.39, 0.29) is 17.9 Å². The number of hydrogen-bond acceptors (Lipinski definition) is 1. The highest BCUT2D eigenvalue weighted by Crippen LogP contribution is 2.07. The van der Waals surface area contributed by atoms with Crippen LogP contribution in [-0.4, -0.2) is 12.1 Å². The van der Waals surface area contributed by atoms with Crippen molar-refractivity contribution in [2.75, 3.05) is 5.32 Å². The fourth-order valence-electron chi connectivity index (χ4n) is 1.15. The number of carbonyl (C=O) groups is 1. The van der Waals surface area contributed by atoms with Crippen LogP contribution in [0.15, 0.2) is 24.3 Å². The highest BCUT2D eigenvalue weighted by molar-refractivity contribution is 5.89. The second-order valence-electron chi connectivity index (χ2n) is 3.41. The zero-order valence-electron chi connectivity index (χ0n) is 8.96. The molecule has 0 bridgehead atoms. The molecule has 0 fully saturated rings. The average Bonchev–Trinajstić information content (AvgIpc) is 2.21. The van der Waals surface area contributed by atoms with E-state index in [1.165, 1.54) is 24.3 Å². The van der Waals surface area contributed by atoms with Crippen molar-refractivity contribution in [1.29, 1.82) is 0 Å². The summed E-state index contributed by atoms with van der Waals surface area (Å²) in [4.78, 5) is 11.4. The van der Waals surface area contributed by atoms with E-state index in [2.05, 4.69) is 16.6 Å². The standard InChI is InChI=1S/C12H13FN2O/c1-3-4-9(2)14-12(16)15-11-7-5-10(13)6-8-11/h1,5-9H,4H2,2H3,(H2,14,15,16). The summed E-state index contributed by atoms with van der Waals surface area (Å²) in [5.41, 5.74) is 0.534. The highest BCUT2D eigenvalue weighted by atomic mass is 19.1. The van der Waals surface area contributed by atoms with Gasteiger partial charge in [-0.2, -0.15) is 0 Å². The lowest BCUT2D eigenvalue weighted by atomic mass is 10.2. The van der Waals surface area contributed by atoms with Gasteiger partial charge in [0.2, 0.25) is 0 Å². The van der Waals surface area contributed by atoms with Crippen molar-refractivity contribution in [3.63, 3.8) is 0 Å². The van der Waals surface area contributed by atoms with E-state index in [9.17, 15) is 9.18 Å². The van der Waals surface area contributed by atoms with Gasteiger partial charge >= 0.3 is 6.03 Å². The SMILES string of the molecule is C#CCC(C)NC(=O)Nc1ccc(F)cc1. The van der Waals surface area contributed by atoms with Crippen LogP contribution in [0.2, 0.25) is 0 Å². The molecule has 1 atom stereocenters. The molecule has 1 rings (SSSR count). The van der Waals surface area contributed by atoms with Gasteiger partial charge in [-0.25, -0.2) is 9.18 Å². The van der Waals surface area contributed by atoms with Crippen LogP contribution in [0.25, 0.3) is 0 Å². The Bertz CT molecular complexity index is 394. The van der Waals surface area contributed by atoms with Crippen LogP contribution in [0.4, 0.5) is 14.9 Å². The maximum atomic E-state index is 12.6. The van der Waals surface area contributed by atoms with Gasteiger partial charge in [-0.3, -0.25) is 0 Å². The first-order chi connectivity index (χ1) is 7.61. The lowest BCUT2D eigenvalue weighted by Gasteiger charge is -2.11. The molecule has 16 heavy (non-hydrogen) atoms. The highest BCUT2D eigenvalue weighted by Gasteiger charge is 2.05. The molecule has 0 aliphatic heterocycles. The molecule has 1 aromatic carbocycles. The molecule has 0 spiro atoms. The summed E-state index contributed by atoms with van der Waals surface area (Å²) in [6.45, 7) is 1.81. The van der Waals surface area contributed by atoms with E-state index < -0.39 is 0 Å². The number of nitrogens with one attached hydrogen (secondary N) is 2. The summed E-state index contributed by atoms with van der Waals surface area (Å²) < 4.78 is 12.6. The number of carbonyl (C=O) groups excluding carboxylic acids is 1. The maximum absolute atomic E-state index is 12.6. The molecule has 0 heterocycles. The van der Waals surface area contributed by atoms with E-state index in [4.69, 9.17) is 6.42 Å². The molecular weight excluding hydrogens is 207 g/mol. The minimum atomic E-state index is -0.352. The largest absolute Gasteiger partial charge is 0.334 e. The minimum absolute atomic E-state index is 0.0922. The number of urea groups is 1. The summed E-state index contributed by atoms with van der Waals surface area (Å²) in [6.07, 6.45) is 5.58. The summed E-state index contributed by atoms with van der Waals surface area (Å²) >= 11 is 0. The molecule has 0 saturated carbocycles. The van der Waals surface area contributed by atoms with Crippen LogP contribution in [-0.2, 0) is 0 Å². The summed E-state index contributed by atoms with van der Waals surface area (Å²) in [5.74, 6) is 2.11. The number of benzene rings is 1. The van der Waals surface area contributed by atoms with Crippen LogP contribution < -0.4 is 10.6 Å². The quantitative estimate of drug-likeness (QED) is 0.754. The van der Waals surface area contributed by atoms with Crippen LogP contribution in [0, 0.1) is 18.2 Å². The van der Waals surface area contributed by atoms with E-state index in [1.807, 2.05) is 6.92 Å². The van der Waals surface area contributed by atoms with Gasteiger partial charge < -0.3 is 10.6 Å². The molecular formula is C12H13FN2O. The molecule has 0 aliphatic rings. The molecule has 1 unspecified atom stereocenters. The zero-order chi connectivity index (χ0) is 12.0. The van der Waals surface area contributed by atoms with Crippen LogP contribution in [0.5, 0.6) is 0 Å². The second-order valence-corrected chi connectivity index (χ2v) is 3.41. The van der Waals surface area contributed by atoms with Crippen molar-refractivity contribution in [1.82, 2.24) is 5.32 Å². The first-order valence-electron chi connectivity index (χ1n) is 4.88. The Morgan fingerprint density at radius 1 is 1.50 bits per heavy atom. The molecule has 2 amide bonds. The number of hydrogen-bond donors (Lipinski definition) is 2. The van der Waals surface area contributed by atoms with Crippen LogP contribution in [0.1, 0.15) is 13.3 Å². The molecule has 84 valence electrons. The first-order valence-corrected chi connectivity index (χ1v) is 4.88. The third-order valence-electron chi connectivity index (χ3n) is 1.90. The van der Waals surface area contributed by atoms with Crippen LogP contribution >= 0.6 is 0 Å². The Kier molecular flexibility index (Phi) is 4.34.